The summed E-state index contributed by atoms with van der Waals surface area (Å²) in [6.07, 6.45) is 1.18. The van der Waals surface area contributed by atoms with Gasteiger partial charge in [0.05, 0.1) is 16.4 Å². The van der Waals surface area contributed by atoms with E-state index in [-0.39, 0.29) is 30.8 Å². The highest BCUT2D eigenvalue weighted by Crippen LogP contribution is 2.44. The topological polar surface area (TPSA) is 122 Å². The lowest BCUT2D eigenvalue weighted by Crippen LogP contribution is -2.55. The molecule has 30 heavy (non-hydrogen) atoms. The van der Waals surface area contributed by atoms with E-state index in [2.05, 4.69) is 5.32 Å². The Balaban J connectivity index is 1.62. The molecule has 10 nitrogen and oxygen atoms in total. The monoisotopic (exact) mass is 436 g/mol. The number of nitro groups is 1. The third kappa shape index (κ3) is 4.66. The van der Waals surface area contributed by atoms with Crippen molar-refractivity contribution in [2.75, 3.05) is 38.5 Å². The van der Waals surface area contributed by atoms with Crippen LogP contribution >= 0.6 is 11.8 Å². The number of nitro benzene ring substituents is 1. The second-order valence-electron chi connectivity index (χ2n) is 7.01. The van der Waals surface area contributed by atoms with Crippen molar-refractivity contribution in [3.63, 3.8) is 0 Å². The van der Waals surface area contributed by atoms with Crippen LogP contribution in [-0.2, 0) is 9.53 Å². The van der Waals surface area contributed by atoms with Crippen molar-refractivity contribution >= 4 is 35.4 Å². The zero-order chi connectivity index (χ0) is 21.7. The van der Waals surface area contributed by atoms with Gasteiger partial charge in [0.15, 0.2) is 0 Å². The molecule has 0 aliphatic carbocycles. The number of benzene rings is 1. The highest BCUT2D eigenvalue weighted by molar-refractivity contribution is 8.00. The average Bonchev–Trinajstić information content (AvgIpc) is 3.15. The highest BCUT2D eigenvalue weighted by Gasteiger charge is 2.47. The molecule has 0 radical (unpaired) electrons. The number of esters is 1. The molecule has 0 saturated carbocycles. The van der Waals surface area contributed by atoms with Crippen LogP contribution in [0, 0.1) is 10.1 Å². The normalized spacial score (nSPS) is 17.6. The van der Waals surface area contributed by atoms with Crippen LogP contribution in [0.2, 0.25) is 0 Å². The van der Waals surface area contributed by atoms with Gasteiger partial charge in [0.1, 0.15) is 6.54 Å². The number of amides is 3. The molecule has 162 valence electrons. The zero-order valence-electron chi connectivity index (χ0n) is 16.7. The molecule has 0 bridgehead atoms. The summed E-state index contributed by atoms with van der Waals surface area (Å²) in [6.45, 7) is 3.22. The van der Waals surface area contributed by atoms with Gasteiger partial charge < -0.3 is 19.9 Å². The van der Waals surface area contributed by atoms with Crippen LogP contribution in [0.1, 0.15) is 30.1 Å². The summed E-state index contributed by atoms with van der Waals surface area (Å²) >= 11 is 1.68. The van der Waals surface area contributed by atoms with Crippen molar-refractivity contribution < 1.29 is 24.0 Å². The van der Waals surface area contributed by atoms with Gasteiger partial charge in [0.2, 0.25) is 0 Å². The number of likely N-dealkylation sites (tertiary alicyclic amines) is 1. The van der Waals surface area contributed by atoms with Crippen molar-refractivity contribution in [2.45, 2.75) is 24.6 Å². The Morgan fingerprint density at radius 3 is 2.67 bits per heavy atom. The zero-order valence-corrected chi connectivity index (χ0v) is 17.5. The van der Waals surface area contributed by atoms with Crippen LogP contribution in [0.15, 0.2) is 24.3 Å². The van der Waals surface area contributed by atoms with Crippen LogP contribution in [0.3, 0.4) is 0 Å². The Hall–Kier alpha value is -2.82. The standard InChI is InChI=1S/C19H24N4O6S/c1-2-29-16(24)13-20-18(26)21-8-6-19(7-9-21)22(10-11-30-19)17(25)14-4-3-5-15(12-14)23(27)28/h3-5,12H,2,6-11,13H2,1H3,(H,20,26). The van der Waals surface area contributed by atoms with Crippen LogP contribution in [0.25, 0.3) is 0 Å². The maximum Gasteiger partial charge on any atom is 0.325 e. The molecule has 1 aromatic carbocycles. The number of hydrogen-bond acceptors (Lipinski definition) is 7. The second kappa shape index (κ2) is 9.33. The first-order chi connectivity index (χ1) is 14.4. The van der Waals surface area contributed by atoms with E-state index in [0.29, 0.717) is 38.0 Å². The summed E-state index contributed by atoms with van der Waals surface area (Å²) in [5.74, 6) is 0.0544. The van der Waals surface area contributed by atoms with Gasteiger partial charge in [0, 0.05) is 43.1 Å². The molecule has 2 fully saturated rings. The summed E-state index contributed by atoms with van der Waals surface area (Å²) in [5.41, 5.74) is 0.176. The maximum absolute atomic E-state index is 13.1. The fourth-order valence-corrected chi connectivity index (χ4v) is 5.20. The number of thioether (sulfide) groups is 1. The number of non-ortho nitro benzene ring substituents is 1. The molecule has 11 heteroatoms. The van der Waals surface area contributed by atoms with Crippen molar-refractivity contribution in [1.29, 1.82) is 0 Å². The van der Waals surface area contributed by atoms with E-state index in [1.165, 1.54) is 18.2 Å². The van der Waals surface area contributed by atoms with Crippen LogP contribution in [0.5, 0.6) is 0 Å². The predicted molar refractivity (Wildman–Crippen MR) is 110 cm³/mol. The first kappa shape index (κ1) is 21.9. The number of urea groups is 1. The van der Waals surface area contributed by atoms with E-state index < -0.39 is 15.8 Å². The number of carbonyl (C=O) groups excluding carboxylic acids is 3. The molecule has 0 aromatic heterocycles. The molecule has 2 aliphatic rings. The quantitative estimate of drug-likeness (QED) is 0.425. The molecule has 1 aromatic rings. The second-order valence-corrected chi connectivity index (χ2v) is 8.47. The van der Waals surface area contributed by atoms with E-state index in [9.17, 15) is 24.5 Å². The Morgan fingerprint density at radius 2 is 2.00 bits per heavy atom. The Kier molecular flexibility index (Phi) is 6.80. The fourth-order valence-electron chi connectivity index (χ4n) is 3.75. The van der Waals surface area contributed by atoms with Crippen LogP contribution in [0.4, 0.5) is 10.5 Å². The lowest BCUT2D eigenvalue weighted by Gasteiger charge is -2.44. The van der Waals surface area contributed by atoms with Crippen molar-refractivity contribution in [2.24, 2.45) is 0 Å². The van der Waals surface area contributed by atoms with E-state index in [1.807, 2.05) is 0 Å². The van der Waals surface area contributed by atoms with Crippen molar-refractivity contribution in [1.82, 2.24) is 15.1 Å². The first-order valence-electron chi connectivity index (χ1n) is 9.75. The predicted octanol–water partition coefficient (Wildman–Crippen LogP) is 1.85. The number of ether oxygens (including phenoxy) is 1. The molecule has 2 saturated heterocycles. The largest absolute Gasteiger partial charge is 0.465 e. The van der Waals surface area contributed by atoms with Crippen LogP contribution < -0.4 is 5.32 Å². The van der Waals surface area contributed by atoms with Gasteiger partial charge in [-0.05, 0) is 25.8 Å². The molecule has 3 rings (SSSR count). The molecular weight excluding hydrogens is 412 g/mol. The summed E-state index contributed by atoms with van der Waals surface area (Å²) in [7, 11) is 0. The number of piperidine rings is 1. The molecule has 1 spiro atoms. The molecule has 2 aliphatic heterocycles. The van der Waals surface area contributed by atoms with E-state index >= 15 is 0 Å². The first-order valence-corrected chi connectivity index (χ1v) is 10.7. The van der Waals surface area contributed by atoms with E-state index in [0.717, 1.165) is 5.75 Å². The number of rotatable bonds is 5. The van der Waals surface area contributed by atoms with Crippen molar-refractivity contribution in [3.8, 4) is 0 Å². The average molecular weight is 436 g/mol. The summed E-state index contributed by atoms with van der Waals surface area (Å²) in [4.78, 5) is 50.3. The maximum atomic E-state index is 13.1. The summed E-state index contributed by atoms with van der Waals surface area (Å²) in [6, 6.07) is 5.43. The smallest absolute Gasteiger partial charge is 0.325 e. The minimum absolute atomic E-state index is 0.116. The Labute approximate surface area is 178 Å². The van der Waals surface area contributed by atoms with E-state index in [1.54, 1.807) is 34.6 Å². The van der Waals surface area contributed by atoms with Gasteiger partial charge in [-0.25, -0.2) is 4.79 Å². The minimum atomic E-state index is -0.515. The van der Waals surface area contributed by atoms with E-state index in [4.69, 9.17) is 4.74 Å². The fraction of sp³-hybridized carbons (Fsp3) is 0.526. The minimum Gasteiger partial charge on any atom is -0.465 e. The molecule has 3 amide bonds. The summed E-state index contributed by atoms with van der Waals surface area (Å²) in [5, 5.41) is 13.6. The number of nitrogens with one attached hydrogen (secondary N) is 1. The van der Waals surface area contributed by atoms with Gasteiger partial charge in [0.25, 0.3) is 11.6 Å². The Bertz CT molecular complexity index is 840. The van der Waals surface area contributed by atoms with Gasteiger partial charge in [-0.3, -0.25) is 19.7 Å². The highest BCUT2D eigenvalue weighted by atomic mass is 32.2. The number of hydrogen-bond donors (Lipinski definition) is 1. The van der Waals surface area contributed by atoms with Gasteiger partial charge in [-0.2, -0.15) is 0 Å². The lowest BCUT2D eigenvalue weighted by atomic mass is 10.0. The Morgan fingerprint density at radius 1 is 1.27 bits per heavy atom. The molecule has 1 N–H and O–H groups in total. The lowest BCUT2D eigenvalue weighted by molar-refractivity contribution is -0.384. The van der Waals surface area contributed by atoms with Crippen molar-refractivity contribution in [3.05, 3.63) is 39.9 Å². The molecule has 0 unspecified atom stereocenters. The number of nitrogens with zero attached hydrogens (tertiary/aromatic N) is 3. The molecular formula is C19H24N4O6S. The van der Waals surface area contributed by atoms with Gasteiger partial charge >= 0.3 is 12.0 Å². The molecule has 2 heterocycles. The SMILES string of the molecule is CCOC(=O)CNC(=O)N1CCC2(CC1)SCCN2C(=O)c1cccc([N+](=O)[O-])c1. The number of carbonyl (C=O) groups is 3. The van der Waals surface area contributed by atoms with Gasteiger partial charge in [-0.15, -0.1) is 11.8 Å². The summed E-state index contributed by atoms with van der Waals surface area (Å²) < 4.78 is 4.80. The third-order valence-corrected chi connectivity index (χ3v) is 6.80. The van der Waals surface area contributed by atoms with Crippen LogP contribution in [-0.4, -0.2) is 76.0 Å². The van der Waals surface area contributed by atoms with Gasteiger partial charge in [-0.1, -0.05) is 6.07 Å². The molecule has 0 atom stereocenters. The third-order valence-electron chi connectivity index (χ3n) is 5.25.